The lowest BCUT2D eigenvalue weighted by atomic mass is 10.0. The second kappa shape index (κ2) is 6.55. The average Bonchev–Trinajstić information content (AvgIpc) is 2.30. The molecule has 16 heavy (non-hydrogen) atoms. The van der Waals surface area contributed by atoms with E-state index in [2.05, 4.69) is 31.0 Å². The highest BCUT2D eigenvalue weighted by Gasteiger charge is 2.30. The molecule has 0 aliphatic carbocycles. The van der Waals surface area contributed by atoms with Crippen molar-refractivity contribution >= 4 is 0 Å². The maximum atomic E-state index is 9.49. The monoisotopic (exact) mass is 230 g/mol. The molecule has 2 N–H and O–H groups in total. The molecule has 1 fully saturated rings. The molecule has 0 bridgehead atoms. The van der Waals surface area contributed by atoms with E-state index in [0.29, 0.717) is 6.04 Å². The zero-order valence-electron chi connectivity index (χ0n) is 10.8. The van der Waals surface area contributed by atoms with Crippen molar-refractivity contribution in [2.24, 2.45) is 0 Å². The summed E-state index contributed by atoms with van der Waals surface area (Å²) in [5.41, 5.74) is -0.195. The van der Waals surface area contributed by atoms with Crippen LogP contribution >= 0.6 is 0 Å². The first-order valence-corrected chi connectivity index (χ1v) is 6.33. The van der Waals surface area contributed by atoms with Gasteiger partial charge in [0.2, 0.25) is 0 Å². The third-order valence-electron chi connectivity index (χ3n) is 3.33. The Kier molecular flexibility index (Phi) is 5.69. The standard InChI is InChI=1S/C12H26N2O2/c1-4-11-8-16-7-6-14(11)9-12(3,10-15)13-5-2/h11,13,15H,4-10H2,1-3H3. The zero-order valence-corrected chi connectivity index (χ0v) is 10.8. The van der Waals surface area contributed by atoms with E-state index in [1.54, 1.807) is 0 Å². The molecule has 0 spiro atoms. The number of nitrogens with zero attached hydrogens (tertiary/aromatic N) is 1. The molecule has 0 aromatic heterocycles. The van der Waals surface area contributed by atoms with Gasteiger partial charge in [0.1, 0.15) is 0 Å². The molecule has 0 radical (unpaired) electrons. The highest BCUT2D eigenvalue weighted by Crippen LogP contribution is 2.14. The number of aliphatic hydroxyl groups is 1. The highest BCUT2D eigenvalue weighted by atomic mass is 16.5. The van der Waals surface area contributed by atoms with Gasteiger partial charge in [0, 0.05) is 19.1 Å². The SMILES string of the molecule is CCNC(C)(CO)CN1CCOCC1CC. The first-order chi connectivity index (χ1) is 7.65. The van der Waals surface area contributed by atoms with Crippen molar-refractivity contribution in [2.45, 2.75) is 38.8 Å². The van der Waals surface area contributed by atoms with Gasteiger partial charge in [-0.2, -0.15) is 0 Å². The lowest BCUT2D eigenvalue weighted by Gasteiger charge is -2.41. The summed E-state index contributed by atoms with van der Waals surface area (Å²) in [6, 6.07) is 0.498. The van der Waals surface area contributed by atoms with Crippen LogP contribution in [-0.4, -0.2) is 61.0 Å². The summed E-state index contributed by atoms with van der Waals surface area (Å²) in [5, 5.41) is 12.9. The van der Waals surface area contributed by atoms with Gasteiger partial charge in [-0.15, -0.1) is 0 Å². The Hall–Kier alpha value is -0.160. The maximum absolute atomic E-state index is 9.49. The van der Waals surface area contributed by atoms with E-state index in [1.165, 1.54) is 0 Å². The molecule has 4 heteroatoms. The molecule has 0 amide bonds. The normalized spacial score (nSPS) is 26.6. The van der Waals surface area contributed by atoms with Crippen molar-refractivity contribution in [1.82, 2.24) is 10.2 Å². The fraction of sp³-hybridized carbons (Fsp3) is 1.00. The molecule has 1 rings (SSSR count). The number of rotatable bonds is 6. The van der Waals surface area contributed by atoms with Crippen molar-refractivity contribution in [1.29, 1.82) is 0 Å². The number of nitrogens with one attached hydrogen (secondary N) is 1. The van der Waals surface area contributed by atoms with Gasteiger partial charge in [0.25, 0.3) is 0 Å². The van der Waals surface area contributed by atoms with Gasteiger partial charge in [-0.3, -0.25) is 4.90 Å². The van der Waals surface area contributed by atoms with Crippen LogP contribution in [0.4, 0.5) is 0 Å². The number of aliphatic hydroxyl groups excluding tert-OH is 1. The van der Waals surface area contributed by atoms with E-state index in [9.17, 15) is 5.11 Å². The Labute approximate surface area is 99.0 Å². The van der Waals surface area contributed by atoms with Gasteiger partial charge in [-0.05, 0) is 19.9 Å². The lowest BCUT2D eigenvalue weighted by molar-refractivity contribution is -0.0251. The molecule has 0 saturated carbocycles. The number of hydrogen-bond donors (Lipinski definition) is 2. The van der Waals surface area contributed by atoms with Crippen molar-refractivity contribution in [3.05, 3.63) is 0 Å². The molecule has 1 heterocycles. The van der Waals surface area contributed by atoms with Crippen molar-refractivity contribution in [2.75, 3.05) is 39.5 Å². The fourth-order valence-electron chi connectivity index (χ4n) is 2.31. The Balaban J connectivity index is 2.54. The molecule has 1 aliphatic rings. The second-order valence-corrected chi connectivity index (χ2v) is 4.86. The Morgan fingerprint density at radius 1 is 1.50 bits per heavy atom. The quantitative estimate of drug-likeness (QED) is 0.696. The van der Waals surface area contributed by atoms with Crippen LogP contribution in [0.2, 0.25) is 0 Å². The largest absolute Gasteiger partial charge is 0.394 e. The fourth-order valence-corrected chi connectivity index (χ4v) is 2.31. The van der Waals surface area contributed by atoms with Gasteiger partial charge in [-0.1, -0.05) is 13.8 Å². The average molecular weight is 230 g/mol. The third-order valence-corrected chi connectivity index (χ3v) is 3.33. The van der Waals surface area contributed by atoms with E-state index in [0.717, 1.165) is 39.3 Å². The zero-order chi connectivity index (χ0) is 12.0. The number of hydrogen-bond acceptors (Lipinski definition) is 4. The van der Waals surface area contributed by atoms with Crippen LogP contribution in [0, 0.1) is 0 Å². The Morgan fingerprint density at radius 2 is 2.25 bits per heavy atom. The van der Waals surface area contributed by atoms with E-state index in [-0.39, 0.29) is 12.1 Å². The minimum absolute atomic E-state index is 0.175. The van der Waals surface area contributed by atoms with Crippen molar-refractivity contribution in [3.63, 3.8) is 0 Å². The second-order valence-electron chi connectivity index (χ2n) is 4.86. The molecule has 96 valence electrons. The van der Waals surface area contributed by atoms with E-state index < -0.39 is 0 Å². The van der Waals surface area contributed by atoms with Gasteiger partial charge in [0.15, 0.2) is 0 Å². The molecular weight excluding hydrogens is 204 g/mol. The summed E-state index contributed by atoms with van der Waals surface area (Å²) in [5.74, 6) is 0. The first-order valence-electron chi connectivity index (χ1n) is 6.33. The summed E-state index contributed by atoms with van der Waals surface area (Å²) in [7, 11) is 0. The topological polar surface area (TPSA) is 44.7 Å². The Bertz CT molecular complexity index is 201. The van der Waals surface area contributed by atoms with Gasteiger partial charge >= 0.3 is 0 Å². The molecular formula is C12H26N2O2. The number of likely N-dealkylation sites (N-methyl/N-ethyl adjacent to an activating group) is 1. The summed E-state index contributed by atoms with van der Waals surface area (Å²) >= 11 is 0. The van der Waals surface area contributed by atoms with Crippen molar-refractivity contribution < 1.29 is 9.84 Å². The summed E-state index contributed by atoms with van der Waals surface area (Å²) in [6.07, 6.45) is 1.10. The summed E-state index contributed by atoms with van der Waals surface area (Å²) in [6.45, 7) is 10.9. The van der Waals surface area contributed by atoms with Crippen LogP contribution in [0.25, 0.3) is 0 Å². The number of ether oxygens (including phenoxy) is 1. The predicted molar refractivity (Wildman–Crippen MR) is 65.6 cm³/mol. The van der Waals surface area contributed by atoms with E-state index in [1.807, 2.05) is 0 Å². The van der Waals surface area contributed by atoms with E-state index in [4.69, 9.17) is 4.74 Å². The summed E-state index contributed by atoms with van der Waals surface area (Å²) < 4.78 is 5.49. The molecule has 1 saturated heterocycles. The molecule has 2 atom stereocenters. The van der Waals surface area contributed by atoms with E-state index >= 15 is 0 Å². The lowest BCUT2D eigenvalue weighted by Crippen LogP contribution is -2.58. The maximum Gasteiger partial charge on any atom is 0.0623 e. The molecule has 2 unspecified atom stereocenters. The van der Waals surface area contributed by atoms with Crippen LogP contribution < -0.4 is 5.32 Å². The predicted octanol–water partition coefficient (Wildman–Crippen LogP) is 0.458. The summed E-state index contributed by atoms with van der Waals surface area (Å²) in [4.78, 5) is 2.43. The van der Waals surface area contributed by atoms with Gasteiger partial charge in [0.05, 0.1) is 25.4 Å². The van der Waals surface area contributed by atoms with Crippen LogP contribution in [0.15, 0.2) is 0 Å². The Morgan fingerprint density at radius 3 is 2.81 bits per heavy atom. The van der Waals surface area contributed by atoms with Crippen molar-refractivity contribution in [3.8, 4) is 0 Å². The number of morpholine rings is 1. The van der Waals surface area contributed by atoms with Crippen LogP contribution in [0.5, 0.6) is 0 Å². The molecule has 1 aliphatic heterocycles. The first kappa shape index (κ1) is 13.9. The van der Waals surface area contributed by atoms with Gasteiger partial charge in [-0.25, -0.2) is 0 Å². The van der Waals surface area contributed by atoms with Crippen LogP contribution in [-0.2, 0) is 4.74 Å². The smallest absolute Gasteiger partial charge is 0.0623 e. The van der Waals surface area contributed by atoms with Crippen LogP contribution in [0.3, 0.4) is 0 Å². The third kappa shape index (κ3) is 3.70. The highest BCUT2D eigenvalue weighted by molar-refractivity contribution is 4.88. The molecule has 0 aromatic rings. The molecule has 0 aromatic carbocycles. The minimum atomic E-state index is -0.195. The van der Waals surface area contributed by atoms with Gasteiger partial charge < -0.3 is 15.2 Å². The van der Waals surface area contributed by atoms with Crippen LogP contribution in [0.1, 0.15) is 27.2 Å². The minimum Gasteiger partial charge on any atom is -0.394 e. The molecule has 4 nitrogen and oxygen atoms in total.